The summed E-state index contributed by atoms with van der Waals surface area (Å²) in [5.41, 5.74) is 2.36. The standard InChI is InChI=1S/C14H13N3OS/c1-3-11-5-4-6-12(7-11)17-14(18)15-8-13-16-10(2)9-19-13/h1,4-7,9H,8H2,2H3,(H2,15,17,18). The lowest BCUT2D eigenvalue weighted by molar-refractivity contribution is 0.251. The lowest BCUT2D eigenvalue weighted by Crippen LogP contribution is -2.28. The van der Waals surface area contributed by atoms with E-state index in [4.69, 9.17) is 6.42 Å². The minimum absolute atomic E-state index is 0.276. The maximum absolute atomic E-state index is 11.7. The van der Waals surface area contributed by atoms with Gasteiger partial charge in [0, 0.05) is 22.3 Å². The normalized spacial score (nSPS) is 9.68. The Morgan fingerprint density at radius 1 is 1.53 bits per heavy atom. The van der Waals surface area contributed by atoms with Crippen molar-refractivity contribution in [3.8, 4) is 12.3 Å². The number of nitrogens with zero attached hydrogens (tertiary/aromatic N) is 1. The van der Waals surface area contributed by atoms with Gasteiger partial charge in [0.05, 0.1) is 6.54 Å². The van der Waals surface area contributed by atoms with Crippen LogP contribution in [0.4, 0.5) is 10.5 Å². The fraction of sp³-hybridized carbons (Fsp3) is 0.143. The molecule has 4 nitrogen and oxygen atoms in total. The maximum atomic E-state index is 11.7. The van der Waals surface area contributed by atoms with E-state index in [1.807, 2.05) is 12.3 Å². The van der Waals surface area contributed by atoms with Crippen molar-refractivity contribution in [1.29, 1.82) is 0 Å². The van der Waals surface area contributed by atoms with Gasteiger partial charge >= 0.3 is 6.03 Å². The molecule has 0 saturated carbocycles. The van der Waals surface area contributed by atoms with E-state index in [2.05, 4.69) is 21.5 Å². The van der Waals surface area contributed by atoms with Crippen LogP contribution in [0.1, 0.15) is 16.3 Å². The third-order valence-electron chi connectivity index (χ3n) is 2.35. The molecule has 0 unspecified atom stereocenters. The summed E-state index contributed by atoms with van der Waals surface area (Å²) in [7, 11) is 0. The monoisotopic (exact) mass is 271 g/mol. The molecular weight excluding hydrogens is 258 g/mol. The summed E-state index contributed by atoms with van der Waals surface area (Å²) in [5.74, 6) is 2.52. The SMILES string of the molecule is C#Cc1cccc(NC(=O)NCc2nc(C)cs2)c1. The number of nitrogens with one attached hydrogen (secondary N) is 2. The molecule has 0 aliphatic heterocycles. The van der Waals surface area contributed by atoms with Crippen molar-refractivity contribution in [2.24, 2.45) is 0 Å². The van der Waals surface area contributed by atoms with Crippen LogP contribution >= 0.6 is 11.3 Å². The molecule has 2 N–H and O–H groups in total. The molecule has 0 aliphatic rings. The molecular formula is C14H13N3OS. The number of anilines is 1. The number of thiazole rings is 1. The van der Waals surface area contributed by atoms with E-state index in [0.29, 0.717) is 12.2 Å². The van der Waals surface area contributed by atoms with Crippen LogP contribution in [0.15, 0.2) is 29.6 Å². The Morgan fingerprint density at radius 3 is 3.05 bits per heavy atom. The van der Waals surface area contributed by atoms with Crippen LogP contribution in [-0.4, -0.2) is 11.0 Å². The van der Waals surface area contributed by atoms with Crippen LogP contribution < -0.4 is 10.6 Å². The third kappa shape index (κ3) is 3.83. The Bertz CT molecular complexity index is 628. The molecule has 1 heterocycles. The first kappa shape index (κ1) is 13.1. The molecule has 0 fully saturated rings. The minimum Gasteiger partial charge on any atom is -0.331 e. The van der Waals surface area contributed by atoms with Gasteiger partial charge in [0.1, 0.15) is 5.01 Å². The number of amides is 2. The number of aromatic nitrogens is 1. The lowest BCUT2D eigenvalue weighted by atomic mass is 10.2. The summed E-state index contributed by atoms with van der Waals surface area (Å²) in [4.78, 5) is 16.0. The molecule has 0 bridgehead atoms. The fourth-order valence-electron chi connectivity index (χ4n) is 1.50. The van der Waals surface area contributed by atoms with Crippen molar-refractivity contribution in [3.05, 3.63) is 45.9 Å². The Labute approximate surface area is 115 Å². The summed E-state index contributed by atoms with van der Waals surface area (Å²) in [6, 6.07) is 6.86. The Balaban J connectivity index is 1.89. The highest BCUT2D eigenvalue weighted by Gasteiger charge is 2.04. The van der Waals surface area contributed by atoms with Crippen LogP contribution in [0.5, 0.6) is 0 Å². The number of urea groups is 1. The molecule has 0 atom stereocenters. The van der Waals surface area contributed by atoms with E-state index in [0.717, 1.165) is 16.3 Å². The van der Waals surface area contributed by atoms with Gasteiger partial charge in [0.15, 0.2) is 0 Å². The average molecular weight is 271 g/mol. The molecule has 2 amide bonds. The Morgan fingerprint density at radius 2 is 2.37 bits per heavy atom. The number of hydrogen-bond donors (Lipinski definition) is 2. The van der Waals surface area contributed by atoms with E-state index in [-0.39, 0.29) is 6.03 Å². The van der Waals surface area contributed by atoms with Crippen LogP contribution in [0, 0.1) is 19.3 Å². The highest BCUT2D eigenvalue weighted by Crippen LogP contribution is 2.10. The Hall–Kier alpha value is -2.32. The third-order valence-corrected chi connectivity index (χ3v) is 3.32. The molecule has 0 spiro atoms. The zero-order valence-electron chi connectivity index (χ0n) is 10.4. The van der Waals surface area contributed by atoms with Crippen molar-refractivity contribution in [3.63, 3.8) is 0 Å². The highest BCUT2D eigenvalue weighted by molar-refractivity contribution is 7.09. The first-order valence-electron chi connectivity index (χ1n) is 5.70. The quantitative estimate of drug-likeness (QED) is 0.843. The van der Waals surface area contributed by atoms with Gasteiger partial charge in [-0.15, -0.1) is 17.8 Å². The van der Waals surface area contributed by atoms with Gasteiger partial charge in [0.2, 0.25) is 0 Å². The molecule has 2 rings (SSSR count). The average Bonchev–Trinajstić information content (AvgIpc) is 2.82. The van der Waals surface area contributed by atoms with Crippen molar-refractivity contribution in [1.82, 2.24) is 10.3 Å². The van der Waals surface area contributed by atoms with E-state index < -0.39 is 0 Å². The maximum Gasteiger partial charge on any atom is 0.319 e. The van der Waals surface area contributed by atoms with Crippen molar-refractivity contribution >= 4 is 23.1 Å². The van der Waals surface area contributed by atoms with E-state index in [1.165, 1.54) is 11.3 Å². The van der Waals surface area contributed by atoms with Crippen molar-refractivity contribution in [2.45, 2.75) is 13.5 Å². The molecule has 96 valence electrons. The molecule has 2 aromatic rings. The van der Waals surface area contributed by atoms with Gasteiger partial charge < -0.3 is 10.6 Å². The van der Waals surface area contributed by atoms with Gasteiger partial charge in [-0.05, 0) is 25.1 Å². The number of carbonyl (C=O) groups excluding carboxylic acids is 1. The number of terminal acetylenes is 1. The second kappa shape index (κ2) is 6.03. The summed E-state index contributed by atoms with van der Waals surface area (Å²) in [6.07, 6.45) is 5.30. The molecule has 0 radical (unpaired) electrons. The first-order chi connectivity index (χ1) is 9.17. The molecule has 1 aromatic heterocycles. The summed E-state index contributed by atoms with van der Waals surface area (Å²) < 4.78 is 0. The topological polar surface area (TPSA) is 54.0 Å². The van der Waals surface area contributed by atoms with Crippen LogP contribution in [0.3, 0.4) is 0 Å². The predicted molar refractivity (Wildman–Crippen MR) is 77.1 cm³/mol. The van der Waals surface area contributed by atoms with E-state index in [1.54, 1.807) is 24.3 Å². The molecule has 0 saturated heterocycles. The van der Waals surface area contributed by atoms with Gasteiger partial charge in [-0.1, -0.05) is 12.0 Å². The number of carbonyl (C=O) groups is 1. The molecule has 19 heavy (non-hydrogen) atoms. The summed E-state index contributed by atoms with van der Waals surface area (Å²) in [5, 5.41) is 8.30. The highest BCUT2D eigenvalue weighted by atomic mass is 32.1. The molecule has 0 aliphatic carbocycles. The predicted octanol–water partition coefficient (Wildman–Crippen LogP) is 2.75. The van der Waals surface area contributed by atoms with Crippen molar-refractivity contribution < 1.29 is 4.79 Å². The second-order valence-electron chi connectivity index (χ2n) is 3.92. The van der Waals surface area contributed by atoms with Crippen LogP contribution in [0.2, 0.25) is 0 Å². The number of aryl methyl sites for hydroxylation is 1. The number of benzene rings is 1. The largest absolute Gasteiger partial charge is 0.331 e. The fourth-order valence-corrected chi connectivity index (χ4v) is 2.21. The summed E-state index contributed by atoms with van der Waals surface area (Å²) >= 11 is 1.52. The van der Waals surface area contributed by atoms with Crippen LogP contribution in [-0.2, 0) is 6.54 Å². The number of rotatable bonds is 3. The smallest absolute Gasteiger partial charge is 0.319 e. The minimum atomic E-state index is -0.276. The zero-order chi connectivity index (χ0) is 13.7. The van der Waals surface area contributed by atoms with E-state index in [9.17, 15) is 4.79 Å². The van der Waals surface area contributed by atoms with Gasteiger partial charge in [-0.2, -0.15) is 0 Å². The molecule has 1 aromatic carbocycles. The first-order valence-corrected chi connectivity index (χ1v) is 6.58. The van der Waals surface area contributed by atoms with Gasteiger partial charge in [-0.3, -0.25) is 0 Å². The lowest BCUT2D eigenvalue weighted by Gasteiger charge is -2.06. The van der Waals surface area contributed by atoms with Gasteiger partial charge in [-0.25, -0.2) is 9.78 Å². The zero-order valence-corrected chi connectivity index (χ0v) is 11.3. The van der Waals surface area contributed by atoms with Crippen molar-refractivity contribution in [2.75, 3.05) is 5.32 Å². The number of hydrogen-bond acceptors (Lipinski definition) is 3. The molecule has 5 heteroatoms. The Kier molecular flexibility index (Phi) is 4.16. The van der Waals surface area contributed by atoms with Crippen LogP contribution in [0.25, 0.3) is 0 Å². The second-order valence-corrected chi connectivity index (χ2v) is 4.86. The summed E-state index contributed by atoms with van der Waals surface area (Å²) in [6.45, 7) is 2.34. The van der Waals surface area contributed by atoms with E-state index >= 15 is 0 Å². The van der Waals surface area contributed by atoms with Gasteiger partial charge in [0.25, 0.3) is 0 Å².